The summed E-state index contributed by atoms with van der Waals surface area (Å²) in [6.07, 6.45) is 3.89. The predicted molar refractivity (Wildman–Crippen MR) is 72.8 cm³/mol. The van der Waals surface area contributed by atoms with Gasteiger partial charge in [0.25, 0.3) is 5.91 Å². The van der Waals surface area contributed by atoms with E-state index in [1.54, 1.807) is 20.9 Å². The number of rotatable bonds is 5. The average Bonchev–Trinajstić information content (AvgIpc) is 2.35. The lowest BCUT2D eigenvalue weighted by Crippen LogP contribution is -2.43. The van der Waals surface area contributed by atoms with E-state index in [2.05, 4.69) is 20.6 Å². The highest BCUT2D eigenvalue weighted by molar-refractivity contribution is 7.92. The van der Waals surface area contributed by atoms with Crippen molar-refractivity contribution in [3.05, 3.63) is 18.1 Å². The van der Waals surface area contributed by atoms with Gasteiger partial charge >= 0.3 is 0 Å². The summed E-state index contributed by atoms with van der Waals surface area (Å²) in [5.74, 6) is 0.0971. The molecule has 1 heterocycles. The number of sulfone groups is 1. The highest BCUT2D eigenvalue weighted by atomic mass is 32.2. The van der Waals surface area contributed by atoms with Crippen LogP contribution in [0.1, 0.15) is 24.3 Å². The first-order valence-corrected chi connectivity index (χ1v) is 7.54. The van der Waals surface area contributed by atoms with Gasteiger partial charge < -0.3 is 10.6 Å². The largest absolute Gasteiger partial charge is 0.372 e. The Hall–Kier alpha value is -1.70. The van der Waals surface area contributed by atoms with Crippen LogP contribution in [0.15, 0.2) is 12.4 Å². The molecular formula is C11H18N4O3S. The van der Waals surface area contributed by atoms with E-state index in [1.807, 2.05) is 0 Å². The fourth-order valence-electron chi connectivity index (χ4n) is 1.09. The third kappa shape index (κ3) is 3.88. The van der Waals surface area contributed by atoms with Crippen LogP contribution < -0.4 is 10.6 Å². The van der Waals surface area contributed by atoms with Gasteiger partial charge in [0.05, 0.1) is 17.1 Å². The van der Waals surface area contributed by atoms with Crippen molar-refractivity contribution in [3.8, 4) is 0 Å². The van der Waals surface area contributed by atoms with Crippen LogP contribution in [0, 0.1) is 0 Å². The Kier molecular flexibility index (Phi) is 4.46. The second-order valence-corrected chi connectivity index (χ2v) is 7.40. The van der Waals surface area contributed by atoms with Crippen molar-refractivity contribution in [1.82, 2.24) is 15.3 Å². The Morgan fingerprint density at radius 2 is 1.95 bits per heavy atom. The first-order valence-electron chi connectivity index (χ1n) is 5.65. The second kappa shape index (κ2) is 5.52. The van der Waals surface area contributed by atoms with Gasteiger partial charge in [-0.25, -0.2) is 18.4 Å². The molecule has 0 aliphatic rings. The molecule has 1 rings (SSSR count). The number of carbonyl (C=O) groups excluding carboxylic acids is 1. The summed E-state index contributed by atoms with van der Waals surface area (Å²) in [5, 5.41) is 5.33. The van der Waals surface area contributed by atoms with E-state index in [0.717, 1.165) is 6.26 Å². The summed E-state index contributed by atoms with van der Waals surface area (Å²) in [4.78, 5) is 19.7. The Morgan fingerprint density at radius 1 is 1.32 bits per heavy atom. The van der Waals surface area contributed by atoms with Gasteiger partial charge in [0.1, 0.15) is 11.5 Å². The van der Waals surface area contributed by atoms with Gasteiger partial charge in [0, 0.05) is 19.8 Å². The molecule has 0 unspecified atom stereocenters. The van der Waals surface area contributed by atoms with Crippen molar-refractivity contribution in [3.63, 3.8) is 0 Å². The van der Waals surface area contributed by atoms with Crippen LogP contribution >= 0.6 is 0 Å². The molecular weight excluding hydrogens is 268 g/mol. The Bertz CT molecular complexity index is 552. The number of nitrogens with one attached hydrogen (secondary N) is 2. The van der Waals surface area contributed by atoms with Crippen molar-refractivity contribution in [2.24, 2.45) is 0 Å². The lowest BCUT2D eigenvalue weighted by atomic mass is 10.2. The monoisotopic (exact) mass is 286 g/mol. The number of aromatic nitrogens is 2. The Morgan fingerprint density at radius 3 is 2.37 bits per heavy atom. The van der Waals surface area contributed by atoms with E-state index in [1.165, 1.54) is 12.4 Å². The lowest BCUT2D eigenvalue weighted by Gasteiger charge is -2.22. The summed E-state index contributed by atoms with van der Waals surface area (Å²) < 4.78 is 22.0. The quantitative estimate of drug-likeness (QED) is 0.794. The second-order valence-electron chi connectivity index (χ2n) is 4.75. The maximum atomic E-state index is 11.8. The molecule has 0 atom stereocenters. The smallest absolute Gasteiger partial charge is 0.271 e. The SMILES string of the molecule is CNc1cnc(C(=O)NCC(C)(C)S(C)(=O)=O)cn1. The van der Waals surface area contributed by atoms with Crippen molar-refractivity contribution >= 4 is 21.6 Å². The zero-order chi connectivity index (χ0) is 14.7. The van der Waals surface area contributed by atoms with Gasteiger partial charge in [-0.05, 0) is 13.8 Å². The molecule has 0 aliphatic heterocycles. The summed E-state index contributed by atoms with van der Waals surface area (Å²) in [6.45, 7) is 3.12. The first-order chi connectivity index (χ1) is 8.67. The van der Waals surface area contributed by atoms with Gasteiger partial charge in [-0.3, -0.25) is 4.79 Å². The van der Waals surface area contributed by atoms with Crippen LogP contribution in [0.5, 0.6) is 0 Å². The number of nitrogens with zero attached hydrogens (tertiary/aromatic N) is 2. The molecule has 0 aromatic carbocycles. The van der Waals surface area contributed by atoms with E-state index in [-0.39, 0.29) is 12.2 Å². The minimum atomic E-state index is -3.25. The molecule has 8 heteroatoms. The molecule has 1 amide bonds. The van der Waals surface area contributed by atoms with Gasteiger partial charge in [0.15, 0.2) is 9.84 Å². The molecule has 1 aromatic rings. The maximum absolute atomic E-state index is 11.8. The highest BCUT2D eigenvalue weighted by Crippen LogP contribution is 2.13. The number of anilines is 1. The molecule has 19 heavy (non-hydrogen) atoms. The third-order valence-electron chi connectivity index (χ3n) is 2.82. The molecule has 0 saturated heterocycles. The lowest BCUT2D eigenvalue weighted by molar-refractivity contribution is 0.0945. The molecule has 0 fully saturated rings. The number of carbonyl (C=O) groups is 1. The minimum absolute atomic E-state index is 0.0140. The molecule has 0 radical (unpaired) electrons. The summed E-state index contributed by atoms with van der Waals surface area (Å²) in [5.41, 5.74) is 0.142. The van der Waals surface area contributed by atoms with Crippen LogP contribution in [-0.2, 0) is 9.84 Å². The molecule has 0 spiro atoms. The van der Waals surface area contributed by atoms with Crippen molar-refractivity contribution in [1.29, 1.82) is 0 Å². The standard InChI is InChI=1S/C11H18N4O3S/c1-11(2,19(4,17)18)7-15-10(16)8-5-14-9(12-3)6-13-8/h5-6H,7H2,1-4H3,(H,12,14)(H,15,16). The van der Waals surface area contributed by atoms with Gasteiger partial charge in [-0.1, -0.05) is 0 Å². The Balaban J connectivity index is 2.70. The topological polar surface area (TPSA) is 101 Å². The first kappa shape index (κ1) is 15.4. The van der Waals surface area contributed by atoms with Gasteiger partial charge in [-0.2, -0.15) is 0 Å². The van der Waals surface area contributed by atoms with E-state index in [4.69, 9.17) is 0 Å². The third-order valence-corrected chi connectivity index (χ3v) is 4.97. The van der Waals surface area contributed by atoms with Crippen LogP contribution in [0.4, 0.5) is 5.82 Å². The van der Waals surface area contributed by atoms with Crippen LogP contribution in [-0.4, -0.2) is 48.9 Å². The molecule has 0 bridgehead atoms. The molecule has 0 aliphatic carbocycles. The fourth-order valence-corrected chi connectivity index (χ4v) is 1.42. The Labute approximate surface area is 112 Å². The predicted octanol–water partition coefficient (Wildman–Crippen LogP) is 0.0713. The zero-order valence-electron chi connectivity index (χ0n) is 11.4. The number of amides is 1. The van der Waals surface area contributed by atoms with E-state index >= 15 is 0 Å². The van der Waals surface area contributed by atoms with Gasteiger partial charge in [-0.15, -0.1) is 0 Å². The number of hydrogen-bond acceptors (Lipinski definition) is 6. The van der Waals surface area contributed by atoms with E-state index in [0.29, 0.717) is 5.82 Å². The molecule has 0 saturated carbocycles. The summed E-state index contributed by atoms with van der Waals surface area (Å²) in [6, 6.07) is 0. The summed E-state index contributed by atoms with van der Waals surface area (Å²) >= 11 is 0. The van der Waals surface area contributed by atoms with Crippen molar-refractivity contribution in [2.75, 3.05) is 25.2 Å². The molecule has 7 nitrogen and oxygen atoms in total. The average molecular weight is 286 g/mol. The number of hydrogen-bond donors (Lipinski definition) is 2. The fraction of sp³-hybridized carbons (Fsp3) is 0.545. The summed E-state index contributed by atoms with van der Waals surface area (Å²) in [7, 11) is -1.56. The minimum Gasteiger partial charge on any atom is -0.372 e. The van der Waals surface area contributed by atoms with E-state index in [9.17, 15) is 13.2 Å². The van der Waals surface area contributed by atoms with E-state index < -0.39 is 20.5 Å². The molecule has 1 aromatic heterocycles. The van der Waals surface area contributed by atoms with Crippen LogP contribution in [0.25, 0.3) is 0 Å². The van der Waals surface area contributed by atoms with Gasteiger partial charge in [0.2, 0.25) is 0 Å². The zero-order valence-corrected chi connectivity index (χ0v) is 12.2. The maximum Gasteiger partial charge on any atom is 0.271 e. The van der Waals surface area contributed by atoms with Crippen LogP contribution in [0.2, 0.25) is 0 Å². The highest BCUT2D eigenvalue weighted by Gasteiger charge is 2.30. The molecule has 106 valence electrons. The van der Waals surface area contributed by atoms with Crippen LogP contribution in [0.3, 0.4) is 0 Å². The van der Waals surface area contributed by atoms with Crippen molar-refractivity contribution < 1.29 is 13.2 Å². The van der Waals surface area contributed by atoms with Crippen molar-refractivity contribution in [2.45, 2.75) is 18.6 Å². The molecule has 2 N–H and O–H groups in total. The normalized spacial score (nSPS) is 12.0.